The van der Waals surface area contributed by atoms with E-state index in [0.29, 0.717) is 5.82 Å². The van der Waals surface area contributed by atoms with Gasteiger partial charge in [-0.1, -0.05) is 115 Å². The molecule has 3 nitrogen and oxygen atoms in total. The summed E-state index contributed by atoms with van der Waals surface area (Å²) >= 11 is 1.75. The summed E-state index contributed by atoms with van der Waals surface area (Å²) in [6.45, 7) is 0. The lowest BCUT2D eigenvalue weighted by atomic mass is 9.93. The second kappa shape index (κ2) is 9.83. The van der Waals surface area contributed by atoms with Crippen molar-refractivity contribution in [2.24, 2.45) is 0 Å². The SMILES string of the molecule is c1ccc(-c2nc(-c3cc(-c4ccc5ccccc5c4)c4c(c3)oc3ccc5ccccc5c34)nc3c2sc2ccccc23)cc1. The van der Waals surface area contributed by atoms with Crippen molar-refractivity contribution in [1.82, 2.24) is 9.97 Å². The van der Waals surface area contributed by atoms with Crippen LogP contribution in [0.4, 0.5) is 0 Å². The van der Waals surface area contributed by atoms with Crippen LogP contribution in [-0.2, 0) is 0 Å². The summed E-state index contributed by atoms with van der Waals surface area (Å²) in [5.74, 6) is 0.684. The molecule has 0 aliphatic heterocycles. The maximum absolute atomic E-state index is 6.68. The molecule has 0 fully saturated rings. The van der Waals surface area contributed by atoms with Crippen LogP contribution in [-0.4, -0.2) is 9.97 Å². The summed E-state index contributed by atoms with van der Waals surface area (Å²) in [6, 6.07) is 51.3. The van der Waals surface area contributed by atoms with Gasteiger partial charge in [0.1, 0.15) is 11.2 Å². The lowest BCUT2D eigenvalue weighted by Gasteiger charge is -2.11. The van der Waals surface area contributed by atoms with E-state index in [9.17, 15) is 0 Å². The van der Waals surface area contributed by atoms with Crippen molar-refractivity contribution < 1.29 is 4.42 Å². The van der Waals surface area contributed by atoms with E-state index in [-0.39, 0.29) is 0 Å². The molecule has 0 atom stereocenters. The molecule has 3 heterocycles. The molecule has 0 spiro atoms. The topological polar surface area (TPSA) is 38.9 Å². The smallest absolute Gasteiger partial charge is 0.160 e. The highest BCUT2D eigenvalue weighted by atomic mass is 32.1. The van der Waals surface area contributed by atoms with Crippen molar-refractivity contribution in [3.05, 3.63) is 146 Å². The number of hydrogen-bond acceptors (Lipinski definition) is 4. The molecule has 0 saturated carbocycles. The summed E-state index contributed by atoms with van der Waals surface area (Å²) in [4.78, 5) is 10.6. The van der Waals surface area contributed by atoms with E-state index >= 15 is 0 Å². The molecule has 10 aromatic rings. The van der Waals surface area contributed by atoms with Crippen LogP contribution in [0.15, 0.2) is 150 Å². The lowest BCUT2D eigenvalue weighted by Crippen LogP contribution is -1.94. The van der Waals surface area contributed by atoms with Crippen molar-refractivity contribution in [2.45, 2.75) is 0 Å². The summed E-state index contributed by atoms with van der Waals surface area (Å²) in [5.41, 5.74) is 7.87. The minimum absolute atomic E-state index is 0.684. The quantitative estimate of drug-likeness (QED) is 0.201. The Labute approximate surface area is 268 Å². The fourth-order valence-corrected chi connectivity index (χ4v) is 8.05. The van der Waals surface area contributed by atoms with Crippen molar-refractivity contribution in [3.8, 4) is 33.8 Å². The first-order valence-corrected chi connectivity index (χ1v) is 16.2. The molecule has 0 aliphatic carbocycles. The van der Waals surface area contributed by atoms with Crippen LogP contribution in [0.2, 0.25) is 0 Å². The number of hydrogen-bond donors (Lipinski definition) is 0. The van der Waals surface area contributed by atoms with Gasteiger partial charge in [0.05, 0.1) is 15.9 Å². The molecule has 7 aromatic carbocycles. The van der Waals surface area contributed by atoms with Gasteiger partial charge in [-0.3, -0.25) is 0 Å². The predicted octanol–water partition coefficient (Wildman–Crippen LogP) is 12.1. The van der Waals surface area contributed by atoms with Crippen molar-refractivity contribution in [2.75, 3.05) is 0 Å². The second-order valence-corrected chi connectivity index (χ2v) is 12.8. The minimum Gasteiger partial charge on any atom is -0.456 e. The van der Waals surface area contributed by atoms with Crippen molar-refractivity contribution in [3.63, 3.8) is 0 Å². The fourth-order valence-electron chi connectivity index (χ4n) is 6.89. The molecule has 10 rings (SSSR count). The largest absolute Gasteiger partial charge is 0.456 e. The van der Waals surface area contributed by atoms with Crippen LogP contribution < -0.4 is 0 Å². The number of benzene rings is 7. The number of fused-ring (bicyclic) bond motifs is 9. The average Bonchev–Trinajstić information content (AvgIpc) is 3.70. The van der Waals surface area contributed by atoms with Crippen LogP contribution >= 0.6 is 11.3 Å². The Balaban J connectivity index is 1.32. The van der Waals surface area contributed by atoms with Gasteiger partial charge < -0.3 is 4.42 Å². The monoisotopic (exact) mass is 604 g/mol. The van der Waals surface area contributed by atoms with E-state index in [4.69, 9.17) is 14.4 Å². The standard InChI is InChI=1S/C42H24N2OS/c1-2-12-27(13-3-1)39-41-40(32-16-8-9-17-36(32)46-41)44-42(43-39)30-23-33(29-19-18-25-10-4-5-14-28(25)22-29)38-35(24-30)45-34-21-20-26-11-6-7-15-31(26)37(34)38/h1-24H. The van der Waals surface area contributed by atoms with Gasteiger partial charge in [-0.25, -0.2) is 9.97 Å². The van der Waals surface area contributed by atoms with Crippen molar-refractivity contribution in [1.29, 1.82) is 0 Å². The molecule has 0 bridgehead atoms. The predicted molar refractivity (Wildman–Crippen MR) is 194 cm³/mol. The van der Waals surface area contributed by atoms with E-state index in [0.717, 1.165) is 65.5 Å². The molecule has 3 aromatic heterocycles. The van der Waals surface area contributed by atoms with Gasteiger partial charge >= 0.3 is 0 Å². The second-order valence-electron chi connectivity index (χ2n) is 11.8. The number of nitrogens with zero attached hydrogens (tertiary/aromatic N) is 2. The Bertz CT molecular complexity index is 2810. The summed E-state index contributed by atoms with van der Waals surface area (Å²) in [6.07, 6.45) is 0. The zero-order valence-corrected chi connectivity index (χ0v) is 25.4. The zero-order chi connectivity index (χ0) is 30.2. The summed E-state index contributed by atoms with van der Waals surface area (Å²) in [7, 11) is 0. The van der Waals surface area contributed by atoms with Crippen LogP contribution in [0.5, 0.6) is 0 Å². The maximum atomic E-state index is 6.68. The lowest BCUT2D eigenvalue weighted by molar-refractivity contribution is 0.669. The highest BCUT2D eigenvalue weighted by Crippen LogP contribution is 2.44. The number of thiophene rings is 1. The Morgan fingerprint density at radius 1 is 0.478 bits per heavy atom. The minimum atomic E-state index is 0.684. The number of rotatable bonds is 3. The van der Waals surface area contributed by atoms with Crippen LogP contribution in [0.3, 0.4) is 0 Å². The van der Waals surface area contributed by atoms with E-state index < -0.39 is 0 Å². The Hall–Kier alpha value is -5.84. The van der Waals surface area contributed by atoms with E-state index in [1.807, 2.05) is 6.07 Å². The third-order valence-corrected chi connectivity index (χ3v) is 10.2. The van der Waals surface area contributed by atoms with Crippen LogP contribution in [0.1, 0.15) is 0 Å². The Morgan fingerprint density at radius 2 is 1.22 bits per heavy atom. The number of furan rings is 1. The first-order valence-electron chi connectivity index (χ1n) is 15.4. The van der Waals surface area contributed by atoms with E-state index in [2.05, 4.69) is 140 Å². The number of aromatic nitrogens is 2. The molecular weight excluding hydrogens is 581 g/mol. The zero-order valence-electron chi connectivity index (χ0n) is 24.6. The molecule has 0 unspecified atom stereocenters. The molecule has 0 N–H and O–H groups in total. The Kier molecular flexibility index (Phi) is 5.45. The molecule has 0 aliphatic rings. The normalized spacial score (nSPS) is 11.9. The van der Waals surface area contributed by atoms with Crippen LogP contribution in [0, 0.1) is 0 Å². The van der Waals surface area contributed by atoms with E-state index in [1.165, 1.54) is 26.2 Å². The van der Waals surface area contributed by atoms with Crippen molar-refractivity contribution >= 4 is 75.1 Å². The highest BCUT2D eigenvalue weighted by molar-refractivity contribution is 7.26. The highest BCUT2D eigenvalue weighted by Gasteiger charge is 2.21. The van der Waals surface area contributed by atoms with Crippen LogP contribution in [0.25, 0.3) is 97.6 Å². The first kappa shape index (κ1) is 25.5. The van der Waals surface area contributed by atoms with Gasteiger partial charge in [-0.05, 0) is 63.0 Å². The maximum Gasteiger partial charge on any atom is 0.160 e. The third kappa shape index (κ3) is 3.84. The van der Waals surface area contributed by atoms with Gasteiger partial charge in [-0.15, -0.1) is 11.3 Å². The molecule has 0 radical (unpaired) electrons. The van der Waals surface area contributed by atoms with Gasteiger partial charge in [0.2, 0.25) is 0 Å². The molecule has 46 heavy (non-hydrogen) atoms. The fraction of sp³-hybridized carbons (Fsp3) is 0. The first-order chi connectivity index (χ1) is 22.8. The van der Waals surface area contributed by atoms with Gasteiger partial charge in [0.15, 0.2) is 5.82 Å². The van der Waals surface area contributed by atoms with Gasteiger partial charge in [0.25, 0.3) is 0 Å². The molecule has 0 saturated heterocycles. The van der Waals surface area contributed by atoms with Gasteiger partial charge in [-0.2, -0.15) is 0 Å². The Morgan fingerprint density at radius 3 is 2.11 bits per heavy atom. The molecule has 4 heteroatoms. The summed E-state index contributed by atoms with van der Waals surface area (Å²) in [5, 5.41) is 8.18. The van der Waals surface area contributed by atoms with E-state index in [1.54, 1.807) is 11.3 Å². The third-order valence-electron chi connectivity index (χ3n) is 9.05. The summed E-state index contributed by atoms with van der Waals surface area (Å²) < 4.78 is 8.98. The van der Waals surface area contributed by atoms with Gasteiger partial charge in [0, 0.05) is 32.0 Å². The average molecular weight is 605 g/mol. The molecule has 0 amide bonds. The molecular formula is C42H24N2OS. The molecule has 214 valence electrons.